The second kappa shape index (κ2) is 8.75. The highest BCUT2D eigenvalue weighted by Crippen LogP contribution is 2.32. The van der Waals surface area contributed by atoms with E-state index in [4.69, 9.17) is 0 Å². The van der Waals surface area contributed by atoms with Crippen molar-refractivity contribution in [1.82, 2.24) is 20.0 Å². The molecule has 2 unspecified atom stereocenters. The van der Waals surface area contributed by atoms with Crippen LogP contribution in [0.15, 0.2) is 30.3 Å². The van der Waals surface area contributed by atoms with Crippen LogP contribution in [0.5, 0.6) is 0 Å². The molecule has 0 aromatic heterocycles. The first-order chi connectivity index (χ1) is 14.3. The molecule has 0 spiro atoms. The molecule has 2 atom stereocenters. The van der Waals surface area contributed by atoms with Crippen molar-refractivity contribution >= 4 is 5.91 Å². The summed E-state index contributed by atoms with van der Waals surface area (Å²) in [5, 5.41) is 3.78. The van der Waals surface area contributed by atoms with Crippen LogP contribution >= 0.6 is 0 Å². The quantitative estimate of drug-likeness (QED) is 0.853. The van der Waals surface area contributed by atoms with Gasteiger partial charge in [-0.2, -0.15) is 0 Å². The van der Waals surface area contributed by atoms with Crippen molar-refractivity contribution in [3.05, 3.63) is 35.9 Å². The van der Waals surface area contributed by atoms with Crippen molar-refractivity contribution in [2.45, 2.75) is 75.5 Å². The summed E-state index contributed by atoms with van der Waals surface area (Å²) in [5.41, 5.74) is 0.826. The largest absolute Gasteiger partial charge is 0.339 e. The molecule has 1 N–H and O–H groups in total. The summed E-state index contributed by atoms with van der Waals surface area (Å²) in [5.74, 6) is 0.200. The molecular formula is C24H36N4O. The van der Waals surface area contributed by atoms with Crippen molar-refractivity contribution in [3.8, 4) is 0 Å². The molecule has 158 valence electrons. The second-order valence-electron chi connectivity index (χ2n) is 9.49. The van der Waals surface area contributed by atoms with E-state index < -0.39 is 0 Å². The maximum absolute atomic E-state index is 12.7. The lowest BCUT2D eigenvalue weighted by atomic mass is 9.89. The Balaban J connectivity index is 1.10. The molecular weight excluding hydrogens is 360 g/mol. The van der Waals surface area contributed by atoms with Crippen molar-refractivity contribution in [3.63, 3.8) is 0 Å². The van der Waals surface area contributed by atoms with E-state index in [9.17, 15) is 4.79 Å². The Labute approximate surface area is 175 Å². The minimum absolute atomic E-state index is 0.200. The third-order valence-electron chi connectivity index (χ3n) is 7.95. The normalized spacial score (nSPS) is 30.4. The number of likely N-dealkylation sites (tertiary alicyclic amines) is 2. The number of nitrogens with zero attached hydrogens (tertiary/aromatic N) is 3. The molecule has 4 fully saturated rings. The van der Waals surface area contributed by atoms with Gasteiger partial charge in [-0.1, -0.05) is 31.0 Å². The lowest BCUT2D eigenvalue weighted by Gasteiger charge is -2.44. The molecule has 0 bridgehead atoms. The van der Waals surface area contributed by atoms with Crippen LogP contribution in [-0.4, -0.2) is 77.6 Å². The zero-order valence-electron chi connectivity index (χ0n) is 17.6. The predicted molar refractivity (Wildman–Crippen MR) is 116 cm³/mol. The molecule has 3 saturated heterocycles. The Hall–Kier alpha value is -1.43. The fourth-order valence-electron chi connectivity index (χ4n) is 6.27. The van der Waals surface area contributed by atoms with Gasteiger partial charge in [-0.15, -0.1) is 0 Å². The summed E-state index contributed by atoms with van der Waals surface area (Å²) in [6.45, 7) is 5.38. The number of piperidine rings is 2. The number of nitrogens with one attached hydrogen (secondary N) is 1. The fraction of sp³-hybridized carbons (Fsp3) is 0.708. The molecule has 1 saturated carbocycles. The molecule has 1 amide bonds. The van der Waals surface area contributed by atoms with E-state index in [0.29, 0.717) is 6.04 Å². The van der Waals surface area contributed by atoms with Gasteiger partial charge < -0.3 is 9.80 Å². The molecule has 3 heterocycles. The van der Waals surface area contributed by atoms with Crippen molar-refractivity contribution in [2.75, 3.05) is 32.8 Å². The summed E-state index contributed by atoms with van der Waals surface area (Å²) in [6.07, 6.45) is 10.5. The third-order valence-corrected chi connectivity index (χ3v) is 7.95. The summed E-state index contributed by atoms with van der Waals surface area (Å²) < 4.78 is 0. The summed E-state index contributed by atoms with van der Waals surface area (Å²) in [7, 11) is 0. The van der Waals surface area contributed by atoms with Crippen LogP contribution in [0.3, 0.4) is 0 Å². The summed E-state index contributed by atoms with van der Waals surface area (Å²) in [4.78, 5) is 20.3. The predicted octanol–water partition coefficient (Wildman–Crippen LogP) is 2.93. The highest BCUT2D eigenvalue weighted by atomic mass is 16.2. The van der Waals surface area contributed by atoms with Crippen molar-refractivity contribution < 1.29 is 4.79 Å². The summed E-state index contributed by atoms with van der Waals surface area (Å²) in [6, 6.07) is 12.7. The molecule has 1 aromatic rings. The molecule has 4 aliphatic rings. The van der Waals surface area contributed by atoms with Crippen LogP contribution in [0.25, 0.3) is 0 Å². The second-order valence-corrected chi connectivity index (χ2v) is 9.49. The van der Waals surface area contributed by atoms with Gasteiger partial charge >= 0.3 is 0 Å². The van der Waals surface area contributed by atoms with Crippen LogP contribution in [0.1, 0.15) is 61.7 Å². The topological polar surface area (TPSA) is 38.8 Å². The molecule has 5 nitrogen and oxygen atoms in total. The average Bonchev–Trinajstić information content (AvgIpc) is 3.24. The Morgan fingerprint density at radius 3 is 2.28 bits per heavy atom. The number of rotatable bonds is 3. The molecule has 1 aromatic carbocycles. The smallest absolute Gasteiger partial charge is 0.253 e. The van der Waals surface area contributed by atoms with E-state index in [0.717, 1.165) is 56.3 Å². The Morgan fingerprint density at radius 2 is 1.52 bits per heavy atom. The number of hydrogen-bond donors (Lipinski definition) is 1. The highest BCUT2D eigenvalue weighted by Gasteiger charge is 2.40. The number of carbonyl (C=O) groups is 1. The van der Waals surface area contributed by atoms with Crippen molar-refractivity contribution in [1.29, 1.82) is 0 Å². The molecule has 29 heavy (non-hydrogen) atoms. The number of benzene rings is 1. The molecule has 1 aliphatic carbocycles. The van der Waals surface area contributed by atoms with Gasteiger partial charge in [0.1, 0.15) is 0 Å². The van der Waals surface area contributed by atoms with Crippen LogP contribution in [0.2, 0.25) is 0 Å². The first kappa shape index (κ1) is 19.5. The van der Waals surface area contributed by atoms with Gasteiger partial charge in [0.15, 0.2) is 0 Å². The van der Waals surface area contributed by atoms with Crippen LogP contribution in [0.4, 0.5) is 0 Å². The minimum Gasteiger partial charge on any atom is -0.339 e. The molecule has 5 rings (SSSR count). The third kappa shape index (κ3) is 4.10. The number of hydrogen-bond acceptors (Lipinski definition) is 4. The monoisotopic (exact) mass is 396 g/mol. The lowest BCUT2D eigenvalue weighted by molar-refractivity contribution is 0.0407. The van der Waals surface area contributed by atoms with Gasteiger partial charge in [-0.3, -0.25) is 15.0 Å². The van der Waals surface area contributed by atoms with Crippen LogP contribution in [0, 0.1) is 0 Å². The van der Waals surface area contributed by atoms with E-state index in [-0.39, 0.29) is 5.91 Å². The number of fused-ring (bicyclic) bond motifs is 1. The Morgan fingerprint density at radius 1 is 0.828 bits per heavy atom. The van der Waals surface area contributed by atoms with Gasteiger partial charge in [0.25, 0.3) is 5.91 Å². The van der Waals surface area contributed by atoms with E-state index >= 15 is 0 Å². The van der Waals surface area contributed by atoms with E-state index in [1.54, 1.807) is 0 Å². The zero-order valence-corrected chi connectivity index (χ0v) is 17.6. The lowest BCUT2D eigenvalue weighted by Crippen LogP contribution is -2.53. The van der Waals surface area contributed by atoms with Crippen molar-refractivity contribution in [2.24, 2.45) is 0 Å². The van der Waals surface area contributed by atoms with E-state index in [1.165, 1.54) is 51.6 Å². The van der Waals surface area contributed by atoms with E-state index in [2.05, 4.69) is 20.0 Å². The molecule has 3 aliphatic heterocycles. The maximum Gasteiger partial charge on any atom is 0.253 e. The van der Waals surface area contributed by atoms with Gasteiger partial charge in [-0.25, -0.2) is 0 Å². The minimum atomic E-state index is 0.200. The SMILES string of the molecule is O=C(c1ccccc1)N1CCC(N2CCC(N3CNC4CCCCC43)CC2)CC1. The standard InChI is InChI=1S/C24H36N4O/c29-24(19-6-2-1-3-7-19)27-16-10-20(11-17-27)26-14-12-21(13-15-26)28-18-25-22-8-4-5-9-23(22)28/h1-3,6-7,20-23,25H,4-5,8-18H2. The fourth-order valence-corrected chi connectivity index (χ4v) is 6.27. The van der Waals surface area contributed by atoms with Gasteiger partial charge in [0.05, 0.1) is 0 Å². The Bertz CT molecular complexity index is 679. The van der Waals surface area contributed by atoms with E-state index in [1.807, 2.05) is 30.3 Å². The maximum atomic E-state index is 12.7. The summed E-state index contributed by atoms with van der Waals surface area (Å²) >= 11 is 0. The van der Waals surface area contributed by atoms with Gasteiger partial charge in [0, 0.05) is 49.5 Å². The molecule has 5 heteroatoms. The van der Waals surface area contributed by atoms with Gasteiger partial charge in [-0.05, 0) is 63.7 Å². The number of amides is 1. The van der Waals surface area contributed by atoms with Crippen LogP contribution in [-0.2, 0) is 0 Å². The van der Waals surface area contributed by atoms with Crippen LogP contribution < -0.4 is 5.32 Å². The molecule has 0 radical (unpaired) electrons. The highest BCUT2D eigenvalue weighted by molar-refractivity contribution is 5.94. The Kier molecular flexibility index (Phi) is 5.89. The zero-order chi connectivity index (χ0) is 19.6. The average molecular weight is 397 g/mol. The number of carbonyl (C=O) groups excluding carboxylic acids is 1. The van der Waals surface area contributed by atoms with Gasteiger partial charge in [0.2, 0.25) is 0 Å². The first-order valence-electron chi connectivity index (χ1n) is 11.9. The first-order valence-corrected chi connectivity index (χ1v) is 11.9.